The fourth-order valence-electron chi connectivity index (χ4n) is 1.26. The molecule has 1 heterocycles. The number of aromatic nitrogens is 1. The minimum atomic E-state index is -0.264. The molecule has 2 N–H and O–H groups in total. The molecule has 3 nitrogen and oxygen atoms in total. The maximum atomic E-state index is 13.0. The van der Waals surface area contributed by atoms with E-state index < -0.39 is 0 Å². The lowest BCUT2D eigenvalue weighted by atomic mass is 10.3. The molecule has 0 atom stereocenters. The van der Waals surface area contributed by atoms with Gasteiger partial charge in [-0.1, -0.05) is 17.4 Å². The van der Waals surface area contributed by atoms with Crippen molar-refractivity contribution in [3.05, 3.63) is 36.7 Å². The number of fused-ring (bicyclic) bond motifs is 1. The van der Waals surface area contributed by atoms with Crippen LogP contribution in [-0.2, 0) is 0 Å². The molecule has 0 bridgehead atoms. The summed E-state index contributed by atoms with van der Waals surface area (Å²) in [6.07, 6.45) is 1.71. The molecule has 6 heteroatoms. The maximum absolute atomic E-state index is 13.0. The van der Waals surface area contributed by atoms with Crippen LogP contribution in [0.4, 0.5) is 9.52 Å². The van der Waals surface area contributed by atoms with Gasteiger partial charge < -0.3 is 10.6 Å². The molecule has 0 amide bonds. The summed E-state index contributed by atoms with van der Waals surface area (Å²) in [6, 6.07) is 4.49. The van der Waals surface area contributed by atoms with Gasteiger partial charge in [0.2, 0.25) is 0 Å². The Morgan fingerprint density at radius 2 is 2.41 bits per heavy atom. The highest BCUT2D eigenvalue weighted by Gasteiger charge is 2.05. The second-order valence-electron chi connectivity index (χ2n) is 3.25. The summed E-state index contributed by atoms with van der Waals surface area (Å²) in [6.45, 7) is 4.17. The first-order valence-corrected chi connectivity index (χ1v) is 6.13. The summed E-state index contributed by atoms with van der Waals surface area (Å²) < 4.78 is 13.8. The van der Waals surface area contributed by atoms with Gasteiger partial charge in [0, 0.05) is 6.54 Å². The molecule has 2 aromatic rings. The molecule has 0 saturated carbocycles. The molecule has 0 unspecified atom stereocenters. The van der Waals surface area contributed by atoms with E-state index in [1.54, 1.807) is 12.1 Å². The van der Waals surface area contributed by atoms with Gasteiger partial charge in [-0.15, -0.1) is 6.58 Å². The predicted octanol–water partition coefficient (Wildman–Crippen LogP) is 2.91. The molecule has 0 spiro atoms. The number of thiazole rings is 1. The van der Waals surface area contributed by atoms with E-state index in [1.165, 1.54) is 23.5 Å². The summed E-state index contributed by atoms with van der Waals surface area (Å²) in [5.74, 6) is -0.264. The Kier molecular flexibility index (Phi) is 3.65. The van der Waals surface area contributed by atoms with Gasteiger partial charge in [0.05, 0.1) is 10.2 Å². The monoisotopic (exact) mass is 267 g/mol. The van der Waals surface area contributed by atoms with Crippen LogP contribution < -0.4 is 10.6 Å². The van der Waals surface area contributed by atoms with Gasteiger partial charge in [0.15, 0.2) is 10.2 Å². The maximum Gasteiger partial charge on any atom is 0.190 e. The molecule has 0 aliphatic rings. The highest BCUT2D eigenvalue weighted by Crippen LogP contribution is 2.26. The first kappa shape index (κ1) is 11.9. The number of benzene rings is 1. The Morgan fingerprint density at radius 3 is 3.18 bits per heavy atom. The Morgan fingerprint density at radius 1 is 1.59 bits per heavy atom. The van der Waals surface area contributed by atoms with Gasteiger partial charge in [0.1, 0.15) is 5.82 Å². The van der Waals surface area contributed by atoms with Crippen molar-refractivity contribution in [3.8, 4) is 0 Å². The molecule has 0 aliphatic heterocycles. The number of hydrogen-bond acceptors (Lipinski definition) is 3. The SMILES string of the molecule is C=CCNC(=S)Nc1nc2ccc(F)cc2s1. The minimum Gasteiger partial charge on any atom is -0.359 e. The second kappa shape index (κ2) is 5.20. The summed E-state index contributed by atoms with van der Waals surface area (Å²) in [4.78, 5) is 4.29. The number of nitrogens with zero attached hydrogens (tertiary/aromatic N) is 1. The normalized spacial score (nSPS) is 10.2. The van der Waals surface area contributed by atoms with Gasteiger partial charge in [0.25, 0.3) is 0 Å². The van der Waals surface area contributed by atoms with Crippen LogP contribution in [0, 0.1) is 5.82 Å². The quantitative estimate of drug-likeness (QED) is 0.662. The fraction of sp³-hybridized carbons (Fsp3) is 0.0909. The lowest BCUT2D eigenvalue weighted by Gasteiger charge is -2.04. The van der Waals surface area contributed by atoms with E-state index in [0.717, 1.165) is 10.2 Å². The molecule has 0 aliphatic carbocycles. The number of hydrogen-bond donors (Lipinski definition) is 2. The largest absolute Gasteiger partial charge is 0.359 e. The molecular formula is C11H10FN3S2. The van der Waals surface area contributed by atoms with E-state index in [0.29, 0.717) is 16.8 Å². The number of nitrogens with one attached hydrogen (secondary N) is 2. The number of halogens is 1. The van der Waals surface area contributed by atoms with Crippen molar-refractivity contribution in [3.63, 3.8) is 0 Å². The van der Waals surface area contributed by atoms with Crippen molar-refractivity contribution in [2.24, 2.45) is 0 Å². The van der Waals surface area contributed by atoms with E-state index in [-0.39, 0.29) is 5.82 Å². The Labute approximate surface area is 107 Å². The fourth-order valence-corrected chi connectivity index (χ4v) is 2.40. The average Bonchev–Trinajstić information content (AvgIpc) is 2.67. The molecule has 0 radical (unpaired) electrons. The number of anilines is 1. The van der Waals surface area contributed by atoms with E-state index >= 15 is 0 Å². The van der Waals surface area contributed by atoms with Crippen LogP contribution in [0.5, 0.6) is 0 Å². The molecule has 88 valence electrons. The van der Waals surface area contributed by atoms with Crippen molar-refractivity contribution in [2.45, 2.75) is 0 Å². The average molecular weight is 267 g/mol. The molecule has 0 fully saturated rings. The smallest absolute Gasteiger partial charge is 0.190 e. The van der Waals surface area contributed by atoms with Crippen LogP contribution >= 0.6 is 23.6 Å². The summed E-state index contributed by atoms with van der Waals surface area (Å²) >= 11 is 6.41. The van der Waals surface area contributed by atoms with Crippen LogP contribution in [0.2, 0.25) is 0 Å². The lowest BCUT2D eigenvalue weighted by Crippen LogP contribution is -2.28. The van der Waals surface area contributed by atoms with Crippen molar-refractivity contribution >= 4 is 44.0 Å². The van der Waals surface area contributed by atoms with Crippen LogP contribution in [0.3, 0.4) is 0 Å². The van der Waals surface area contributed by atoms with Crippen molar-refractivity contribution in [2.75, 3.05) is 11.9 Å². The molecule has 1 aromatic heterocycles. The molecule has 0 saturated heterocycles. The summed E-state index contributed by atoms with van der Waals surface area (Å²) in [7, 11) is 0. The third kappa shape index (κ3) is 2.98. The number of thiocarbonyl (C=S) groups is 1. The van der Waals surface area contributed by atoms with Gasteiger partial charge in [-0.2, -0.15) is 0 Å². The van der Waals surface area contributed by atoms with Crippen molar-refractivity contribution in [1.82, 2.24) is 10.3 Å². The number of rotatable bonds is 3. The third-order valence-electron chi connectivity index (χ3n) is 1.98. The molecular weight excluding hydrogens is 257 g/mol. The molecule has 2 rings (SSSR count). The first-order valence-electron chi connectivity index (χ1n) is 4.91. The minimum absolute atomic E-state index is 0.264. The highest BCUT2D eigenvalue weighted by molar-refractivity contribution is 7.80. The van der Waals surface area contributed by atoms with Gasteiger partial charge in [-0.3, -0.25) is 0 Å². The van der Waals surface area contributed by atoms with E-state index in [2.05, 4.69) is 22.2 Å². The summed E-state index contributed by atoms with van der Waals surface area (Å²) in [5, 5.41) is 7.00. The molecule has 17 heavy (non-hydrogen) atoms. The Bertz CT molecular complexity index is 565. The molecule has 1 aromatic carbocycles. The van der Waals surface area contributed by atoms with Crippen molar-refractivity contribution in [1.29, 1.82) is 0 Å². The van der Waals surface area contributed by atoms with E-state index in [9.17, 15) is 4.39 Å². The topological polar surface area (TPSA) is 37.0 Å². The third-order valence-corrected chi connectivity index (χ3v) is 3.16. The predicted molar refractivity (Wildman–Crippen MR) is 74.0 cm³/mol. The van der Waals surface area contributed by atoms with Gasteiger partial charge in [-0.05, 0) is 30.4 Å². The zero-order valence-corrected chi connectivity index (χ0v) is 10.5. The van der Waals surface area contributed by atoms with E-state index in [1.807, 2.05) is 0 Å². The standard InChI is InChI=1S/C11H10FN3S2/c1-2-5-13-10(16)15-11-14-8-4-3-7(12)6-9(8)17-11/h2-4,6H,1,5H2,(H2,13,14,15,16). The second-order valence-corrected chi connectivity index (χ2v) is 4.69. The Hall–Kier alpha value is -1.53. The van der Waals surface area contributed by atoms with Crippen LogP contribution in [0.25, 0.3) is 10.2 Å². The van der Waals surface area contributed by atoms with Crippen LogP contribution in [0.1, 0.15) is 0 Å². The Balaban J connectivity index is 2.14. The zero-order chi connectivity index (χ0) is 12.3. The van der Waals surface area contributed by atoms with E-state index in [4.69, 9.17) is 12.2 Å². The first-order chi connectivity index (χ1) is 8.19. The zero-order valence-electron chi connectivity index (χ0n) is 8.87. The van der Waals surface area contributed by atoms with Gasteiger partial charge in [-0.25, -0.2) is 9.37 Å². The van der Waals surface area contributed by atoms with Crippen LogP contribution in [-0.4, -0.2) is 16.6 Å². The lowest BCUT2D eigenvalue weighted by molar-refractivity contribution is 0.630. The summed E-state index contributed by atoms with van der Waals surface area (Å²) in [5.41, 5.74) is 0.755. The highest BCUT2D eigenvalue weighted by atomic mass is 32.1. The van der Waals surface area contributed by atoms with Gasteiger partial charge >= 0.3 is 0 Å². The van der Waals surface area contributed by atoms with Crippen molar-refractivity contribution < 1.29 is 4.39 Å². The van der Waals surface area contributed by atoms with Crippen LogP contribution in [0.15, 0.2) is 30.9 Å².